The Labute approximate surface area is 193 Å². The lowest BCUT2D eigenvalue weighted by Gasteiger charge is -2.27. The van der Waals surface area contributed by atoms with Crippen LogP contribution in [0.5, 0.6) is 0 Å². The Hall–Kier alpha value is -2.75. The van der Waals surface area contributed by atoms with E-state index in [4.69, 9.17) is 15.2 Å². The number of carbonyl (C=O) groups is 3. The standard InChI is InChI=1S/C22H33N3O6S/c1-21(2,3)30-19(27)24-18(23)25(20(28)31-22(4,5)6)14-15-10-8-9-11-16(15)32-13-12-17(26)29-7/h8-11H,12-14H2,1-7H3,(H2,23,24,27). The van der Waals surface area contributed by atoms with Gasteiger partial charge >= 0.3 is 18.2 Å². The van der Waals surface area contributed by atoms with E-state index in [-0.39, 0.29) is 24.9 Å². The van der Waals surface area contributed by atoms with Crippen LogP contribution in [0.1, 0.15) is 53.5 Å². The average molecular weight is 468 g/mol. The highest BCUT2D eigenvalue weighted by Gasteiger charge is 2.27. The molecular weight excluding hydrogens is 434 g/mol. The second-order valence-corrected chi connectivity index (χ2v) is 9.94. The van der Waals surface area contributed by atoms with Gasteiger partial charge in [-0.25, -0.2) is 14.5 Å². The van der Waals surface area contributed by atoms with Crippen LogP contribution in [0.2, 0.25) is 0 Å². The predicted molar refractivity (Wildman–Crippen MR) is 123 cm³/mol. The predicted octanol–water partition coefficient (Wildman–Crippen LogP) is 4.33. The average Bonchev–Trinajstić information content (AvgIpc) is 2.63. The van der Waals surface area contributed by atoms with Gasteiger partial charge in [-0.3, -0.25) is 4.79 Å². The number of aliphatic imine (C=N–C) groups is 1. The fraction of sp³-hybridized carbons (Fsp3) is 0.545. The fourth-order valence-electron chi connectivity index (χ4n) is 2.29. The summed E-state index contributed by atoms with van der Waals surface area (Å²) in [6.45, 7) is 10.3. The smallest absolute Gasteiger partial charge is 0.437 e. The van der Waals surface area contributed by atoms with Crippen molar-refractivity contribution in [2.75, 3.05) is 12.9 Å². The van der Waals surface area contributed by atoms with Gasteiger partial charge in [0, 0.05) is 10.6 Å². The zero-order valence-electron chi connectivity index (χ0n) is 19.8. The number of rotatable bonds is 6. The van der Waals surface area contributed by atoms with Crippen LogP contribution in [-0.4, -0.2) is 53.1 Å². The highest BCUT2D eigenvalue weighted by molar-refractivity contribution is 7.99. The van der Waals surface area contributed by atoms with Crippen LogP contribution in [0.4, 0.5) is 9.59 Å². The molecule has 0 atom stereocenters. The molecule has 0 spiro atoms. The number of hydrogen-bond acceptors (Lipinski definition) is 7. The van der Waals surface area contributed by atoms with Gasteiger partial charge in [0.25, 0.3) is 0 Å². The van der Waals surface area contributed by atoms with Crippen molar-refractivity contribution in [2.24, 2.45) is 10.7 Å². The van der Waals surface area contributed by atoms with Gasteiger partial charge in [-0.05, 0) is 53.2 Å². The van der Waals surface area contributed by atoms with E-state index in [1.54, 1.807) is 41.5 Å². The molecule has 10 heteroatoms. The molecule has 32 heavy (non-hydrogen) atoms. The van der Waals surface area contributed by atoms with Crippen LogP contribution >= 0.6 is 11.8 Å². The molecule has 1 aromatic rings. The molecule has 0 unspecified atom stereocenters. The number of nitrogens with two attached hydrogens (primary N) is 1. The van der Waals surface area contributed by atoms with E-state index in [1.807, 2.05) is 24.3 Å². The number of benzene rings is 1. The summed E-state index contributed by atoms with van der Waals surface area (Å²) in [7, 11) is 1.34. The third-order valence-electron chi connectivity index (χ3n) is 3.58. The van der Waals surface area contributed by atoms with Crippen molar-refractivity contribution in [3.05, 3.63) is 29.8 Å². The van der Waals surface area contributed by atoms with Crippen molar-refractivity contribution >= 4 is 35.9 Å². The van der Waals surface area contributed by atoms with Crippen LogP contribution < -0.4 is 5.73 Å². The molecule has 1 aromatic carbocycles. The van der Waals surface area contributed by atoms with Crippen molar-refractivity contribution in [2.45, 2.75) is 70.6 Å². The molecule has 1 rings (SSSR count). The van der Waals surface area contributed by atoms with Crippen LogP contribution in [-0.2, 0) is 25.5 Å². The number of amides is 2. The second kappa shape index (κ2) is 11.8. The Bertz CT molecular complexity index is 843. The summed E-state index contributed by atoms with van der Waals surface area (Å²) in [6.07, 6.45) is -1.42. The largest absolute Gasteiger partial charge is 0.469 e. The quantitative estimate of drug-likeness (QED) is 0.216. The lowest BCUT2D eigenvalue weighted by Crippen LogP contribution is -2.45. The zero-order valence-corrected chi connectivity index (χ0v) is 20.6. The van der Waals surface area contributed by atoms with Gasteiger partial charge in [0.15, 0.2) is 0 Å². The molecule has 0 aromatic heterocycles. The van der Waals surface area contributed by atoms with Crippen LogP contribution in [0.3, 0.4) is 0 Å². The van der Waals surface area contributed by atoms with Gasteiger partial charge in [-0.1, -0.05) is 18.2 Å². The number of ether oxygens (including phenoxy) is 3. The third-order valence-corrected chi connectivity index (χ3v) is 4.70. The van der Waals surface area contributed by atoms with E-state index < -0.39 is 23.4 Å². The summed E-state index contributed by atoms with van der Waals surface area (Å²) in [5, 5.41) is 0. The normalized spacial score (nSPS) is 12.2. The van der Waals surface area contributed by atoms with E-state index in [0.717, 1.165) is 15.4 Å². The van der Waals surface area contributed by atoms with E-state index in [9.17, 15) is 14.4 Å². The number of carbonyl (C=O) groups excluding carboxylic acids is 3. The molecule has 0 aliphatic carbocycles. The molecule has 0 aliphatic rings. The lowest BCUT2D eigenvalue weighted by atomic mass is 10.2. The van der Waals surface area contributed by atoms with E-state index in [1.165, 1.54) is 18.9 Å². The molecule has 0 heterocycles. The van der Waals surface area contributed by atoms with Crippen molar-refractivity contribution < 1.29 is 28.6 Å². The molecule has 0 saturated heterocycles. The Morgan fingerprint density at radius 2 is 1.62 bits per heavy atom. The monoisotopic (exact) mass is 467 g/mol. The maximum atomic E-state index is 12.8. The summed E-state index contributed by atoms with van der Waals surface area (Å²) in [5.74, 6) is -0.153. The molecule has 0 saturated carbocycles. The number of thioether (sulfide) groups is 1. The minimum Gasteiger partial charge on any atom is -0.469 e. The molecule has 9 nitrogen and oxygen atoms in total. The molecule has 0 bridgehead atoms. The SMILES string of the molecule is COC(=O)CCSc1ccccc1CN(C(=O)OC(C)(C)C)C(N)=NC(=O)OC(C)(C)C. The number of esters is 1. The number of guanidine groups is 1. The summed E-state index contributed by atoms with van der Waals surface area (Å²) in [6, 6.07) is 7.35. The van der Waals surface area contributed by atoms with Crippen molar-refractivity contribution in [1.82, 2.24) is 4.90 Å². The molecule has 178 valence electrons. The highest BCUT2D eigenvalue weighted by Crippen LogP contribution is 2.25. The minimum atomic E-state index is -0.913. The highest BCUT2D eigenvalue weighted by atomic mass is 32.2. The van der Waals surface area contributed by atoms with Crippen molar-refractivity contribution in [3.8, 4) is 0 Å². The topological polar surface area (TPSA) is 121 Å². The third kappa shape index (κ3) is 10.5. The van der Waals surface area contributed by atoms with Crippen LogP contribution in [0.25, 0.3) is 0 Å². The van der Waals surface area contributed by atoms with Gasteiger partial charge in [-0.2, -0.15) is 0 Å². The first-order valence-corrected chi connectivity index (χ1v) is 11.1. The summed E-state index contributed by atoms with van der Waals surface area (Å²) in [4.78, 5) is 42.0. The second-order valence-electron chi connectivity index (χ2n) is 8.80. The van der Waals surface area contributed by atoms with Crippen molar-refractivity contribution in [3.63, 3.8) is 0 Å². The Morgan fingerprint density at radius 3 is 2.19 bits per heavy atom. The minimum absolute atomic E-state index is 0.00838. The Kier molecular flexibility index (Phi) is 10.0. The number of methoxy groups -OCH3 is 1. The van der Waals surface area contributed by atoms with Gasteiger partial charge in [0.1, 0.15) is 11.2 Å². The molecule has 0 radical (unpaired) electrons. The first-order chi connectivity index (χ1) is 14.7. The molecule has 2 amide bonds. The molecule has 2 N–H and O–H groups in total. The van der Waals surface area contributed by atoms with Crippen LogP contribution in [0, 0.1) is 0 Å². The summed E-state index contributed by atoms with van der Waals surface area (Å²) >= 11 is 1.44. The fourth-order valence-corrected chi connectivity index (χ4v) is 3.27. The Balaban J connectivity index is 3.15. The first kappa shape index (κ1) is 27.3. The maximum absolute atomic E-state index is 12.8. The first-order valence-electron chi connectivity index (χ1n) is 10.1. The maximum Gasteiger partial charge on any atom is 0.437 e. The van der Waals surface area contributed by atoms with E-state index in [2.05, 4.69) is 9.73 Å². The lowest BCUT2D eigenvalue weighted by molar-refractivity contribution is -0.140. The van der Waals surface area contributed by atoms with Gasteiger partial charge in [0.05, 0.1) is 20.1 Å². The molecular formula is C22H33N3O6S. The van der Waals surface area contributed by atoms with Crippen molar-refractivity contribution in [1.29, 1.82) is 0 Å². The van der Waals surface area contributed by atoms with E-state index in [0.29, 0.717) is 5.75 Å². The summed E-state index contributed by atoms with van der Waals surface area (Å²) in [5.41, 5.74) is 5.22. The molecule has 0 fully saturated rings. The Morgan fingerprint density at radius 1 is 1.03 bits per heavy atom. The van der Waals surface area contributed by atoms with Gasteiger partial charge in [0.2, 0.25) is 5.96 Å². The van der Waals surface area contributed by atoms with E-state index >= 15 is 0 Å². The molecule has 0 aliphatic heterocycles. The zero-order chi connectivity index (χ0) is 24.5. The number of hydrogen-bond donors (Lipinski definition) is 1. The summed E-state index contributed by atoms with van der Waals surface area (Å²) < 4.78 is 15.3. The van der Waals surface area contributed by atoms with Gasteiger partial charge in [-0.15, -0.1) is 16.8 Å². The van der Waals surface area contributed by atoms with Crippen LogP contribution in [0.15, 0.2) is 34.2 Å². The number of nitrogens with zero attached hydrogens (tertiary/aromatic N) is 2. The van der Waals surface area contributed by atoms with Gasteiger partial charge < -0.3 is 19.9 Å².